The number of carbonyl (C=O) groups is 2. The highest BCUT2D eigenvalue weighted by Crippen LogP contribution is 2.30. The third-order valence-corrected chi connectivity index (χ3v) is 5.62. The van der Waals surface area contributed by atoms with Crippen molar-refractivity contribution >= 4 is 33.4 Å². The molecule has 0 fully saturated rings. The van der Waals surface area contributed by atoms with E-state index < -0.39 is 29.6 Å². The topological polar surface area (TPSA) is 72.2 Å². The zero-order chi connectivity index (χ0) is 23.6. The fourth-order valence-electron chi connectivity index (χ4n) is 4.00. The van der Waals surface area contributed by atoms with E-state index in [1.54, 1.807) is 0 Å². The predicted octanol–water partition coefficient (Wildman–Crippen LogP) is 4.77. The van der Waals surface area contributed by atoms with Crippen molar-refractivity contribution in [2.24, 2.45) is 5.73 Å². The molecule has 2 amide bonds. The summed E-state index contributed by atoms with van der Waals surface area (Å²) in [7, 11) is 0. The van der Waals surface area contributed by atoms with Crippen LogP contribution in [0.5, 0.6) is 0 Å². The van der Waals surface area contributed by atoms with Gasteiger partial charge in [0.15, 0.2) is 0 Å². The van der Waals surface area contributed by atoms with Crippen LogP contribution in [0.2, 0.25) is 0 Å². The summed E-state index contributed by atoms with van der Waals surface area (Å²) in [5.74, 6) is -1.18. The lowest BCUT2D eigenvalue weighted by molar-refractivity contribution is -0.137. The Bertz CT molecular complexity index is 1280. The van der Waals surface area contributed by atoms with Gasteiger partial charge in [-0.25, -0.2) is 0 Å². The number of hydrogen-bond acceptors (Lipinski definition) is 2. The normalized spacial score (nSPS) is 12.6. The van der Waals surface area contributed by atoms with Crippen molar-refractivity contribution in [2.75, 3.05) is 0 Å². The Labute approximate surface area is 188 Å². The van der Waals surface area contributed by atoms with Crippen LogP contribution in [-0.2, 0) is 28.6 Å². The van der Waals surface area contributed by atoms with Crippen LogP contribution in [0, 0.1) is 0 Å². The molecule has 4 aromatic carbocycles. The number of carbonyl (C=O) groups excluding carboxylic acids is 2. The molecule has 0 aliphatic heterocycles. The van der Waals surface area contributed by atoms with Gasteiger partial charge in [-0.05, 0) is 50.9 Å². The van der Waals surface area contributed by atoms with Crippen LogP contribution in [0.15, 0.2) is 78.9 Å². The number of fused-ring (bicyclic) bond motifs is 2. The predicted molar refractivity (Wildman–Crippen MR) is 121 cm³/mol. The molecule has 168 valence electrons. The summed E-state index contributed by atoms with van der Waals surface area (Å²) in [4.78, 5) is 24.8. The highest BCUT2D eigenvalue weighted by Gasteiger charge is 2.30. The highest BCUT2D eigenvalue weighted by molar-refractivity contribution is 6.03. The van der Waals surface area contributed by atoms with E-state index in [1.165, 1.54) is 12.1 Å². The zero-order valence-corrected chi connectivity index (χ0v) is 17.5. The molecule has 4 aromatic rings. The minimum Gasteiger partial charge on any atom is -0.368 e. The Balaban J connectivity index is 1.58. The molecule has 3 N–H and O–H groups in total. The monoisotopic (exact) mass is 450 g/mol. The Morgan fingerprint density at radius 2 is 1.39 bits per heavy atom. The number of alkyl halides is 3. The Morgan fingerprint density at radius 3 is 1.91 bits per heavy atom. The number of halogens is 3. The maximum absolute atomic E-state index is 12.7. The molecule has 1 atom stereocenters. The summed E-state index contributed by atoms with van der Waals surface area (Å²) in [6.45, 7) is 0. The molecule has 33 heavy (non-hydrogen) atoms. The summed E-state index contributed by atoms with van der Waals surface area (Å²) < 4.78 is 38.2. The van der Waals surface area contributed by atoms with Crippen LogP contribution in [0.4, 0.5) is 13.2 Å². The molecular weight excluding hydrogens is 429 g/mol. The molecule has 4 rings (SSSR count). The van der Waals surface area contributed by atoms with Crippen molar-refractivity contribution in [1.82, 2.24) is 5.32 Å². The van der Waals surface area contributed by atoms with Crippen molar-refractivity contribution in [3.63, 3.8) is 0 Å². The fourth-order valence-corrected chi connectivity index (χ4v) is 4.00. The molecule has 7 heteroatoms. The highest BCUT2D eigenvalue weighted by atomic mass is 19.4. The van der Waals surface area contributed by atoms with E-state index in [1.807, 2.05) is 48.5 Å². The fraction of sp³-hybridized carbons (Fsp3) is 0.154. The van der Waals surface area contributed by atoms with Gasteiger partial charge in [-0.1, -0.05) is 60.7 Å². The summed E-state index contributed by atoms with van der Waals surface area (Å²) in [6, 6.07) is 21.0. The second-order valence-corrected chi connectivity index (χ2v) is 7.90. The van der Waals surface area contributed by atoms with E-state index in [0.29, 0.717) is 5.56 Å². The second-order valence-electron chi connectivity index (χ2n) is 7.90. The lowest BCUT2D eigenvalue weighted by Crippen LogP contribution is -2.46. The lowest BCUT2D eigenvalue weighted by Gasteiger charge is -2.19. The molecule has 0 saturated carbocycles. The first-order valence-electron chi connectivity index (χ1n) is 10.4. The van der Waals surface area contributed by atoms with Gasteiger partial charge in [-0.15, -0.1) is 0 Å². The van der Waals surface area contributed by atoms with Gasteiger partial charge in [0.1, 0.15) is 6.04 Å². The van der Waals surface area contributed by atoms with E-state index >= 15 is 0 Å². The number of nitrogens with two attached hydrogens (primary N) is 1. The van der Waals surface area contributed by atoms with Crippen LogP contribution < -0.4 is 11.1 Å². The number of hydrogen-bond donors (Lipinski definition) is 2. The molecule has 0 heterocycles. The number of rotatable bonds is 6. The molecule has 4 nitrogen and oxygen atoms in total. The first kappa shape index (κ1) is 22.3. The van der Waals surface area contributed by atoms with Crippen molar-refractivity contribution in [2.45, 2.75) is 25.1 Å². The molecule has 0 radical (unpaired) electrons. The van der Waals surface area contributed by atoms with Gasteiger partial charge in [0.2, 0.25) is 11.8 Å². The lowest BCUT2D eigenvalue weighted by atomic mass is 9.92. The van der Waals surface area contributed by atoms with Crippen LogP contribution in [0.3, 0.4) is 0 Å². The third-order valence-electron chi connectivity index (χ3n) is 5.62. The Kier molecular flexibility index (Phi) is 6.05. The molecule has 0 aliphatic carbocycles. The van der Waals surface area contributed by atoms with Crippen molar-refractivity contribution in [1.29, 1.82) is 0 Å². The van der Waals surface area contributed by atoms with Gasteiger partial charge in [-0.2, -0.15) is 13.2 Å². The maximum Gasteiger partial charge on any atom is 0.416 e. The summed E-state index contributed by atoms with van der Waals surface area (Å²) in [6.07, 6.45) is -4.42. The molecule has 0 saturated heterocycles. The zero-order valence-electron chi connectivity index (χ0n) is 17.5. The van der Waals surface area contributed by atoms with Crippen molar-refractivity contribution < 1.29 is 22.8 Å². The average molecular weight is 450 g/mol. The average Bonchev–Trinajstić information content (AvgIpc) is 2.78. The number of nitrogens with one attached hydrogen (secondary N) is 1. The summed E-state index contributed by atoms with van der Waals surface area (Å²) >= 11 is 0. The first-order chi connectivity index (χ1) is 15.7. The molecule has 0 aromatic heterocycles. The van der Waals surface area contributed by atoms with Gasteiger partial charge in [-0.3, -0.25) is 9.59 Å². The minimum absolute atomic E-state index is 0.168. The van der Waals surface area contributed by atoms with E-state index in [2.05, 4.69) is 11.4 Å². The summed E-state index contributed by atoms with van der Waals surface area (Å²) in [5, 5.41) is 6.58. The smallest absolute Gasteiger partial charge is 0.368 e. The van der Waals surface area contributed by atoms with Crippen LogP contribution in [-0.4, -0.2) is 17.9 Å². The molecular formula is C26H21F3N2O2. The molecule has 0 unspecified atom stereocenters. The van der Waals surface area contributed by atoms with Gasteiger partial charge in [0.25, 0.3) is 0 Å². The van der Waals surface area contributed by atoms with Gasteiger partial charge >= 0.3 is 6.18 Å². The van der Waals surface area contributed by atoms with Gasteiger partial charge in [0.05, 0.1) is 12.0 Å². The second kappa shape index (κ2) is 8.94. The van der Waals surface area contributed by atoms with Crippen LogP contribution in [0.25, 0.3) is 21.5 Å². The Hall–Kier alpha value is -3.87. The molecule has 0 bridgehead atoms. The first-order valence-corrected chi connectivity index (χ1v) is 10.4. The van der Waals surface area contributed by atoms with Crippen molar-refractivity contribution in [3.8, 4) is 0 Å². The van der Waals surface area contributed by atoms with E-state index in [9.17, 15) is 22.8 Å². The number of amides is 2. The SMILES string of the molecule is NC(=O)[C@H](Cc1c2ccccc2cc2ccccc12)NC(=O)Cc1ccc(C(F)(F)F)cc1. The van der Waals surface area contributed by atoms with Gasteiger partial charge in [0, 0.05) is 6.42 Å². The van der Waals surface area contributed by atoms with Crippen molar-refractivity contribution in [3.05, 3.63) is 95.6 Å². The summed E-state index contributed by atoms with van der Waals surface area (Å²) in [5.41, 5.74) is 6.11. The molecule has 0 spiro atoms. The number of benzene rings is 4. The Morgan fingerprint density at radius 1 is 0.848 bits per heavy atom. The third kappa shape index (κ3) is 4.98. The van der Waals surface area contributed by atoms with E-state index in [-0.39, 0.29) is 12.8 Å². The standard InChI is InChI=1S/C26H21F3N2O2/c27-26(28,29)19-11-9-16(10-12-19)13-24(32)31-23(25(30)33)15-22-20-7-3-1-5-17(20)14-18-6-2-4-8-21(18)22/h1-12,14,23H,13,15H2,(H2,30,33)(H,31,32)/t23-/m0/s1. The minimum atomic E-state index is -4.45. The number of primary amides is 1. The van der Waals surface area contributed by atoms with E-state index in [0.717, 1.165) is 39.2 Å². The quantitative estimate of drug-likeness (QED) is 0.416. The van der Waals surface area contributed by atoms with Crippen LogP contribution >= 0.6 is 0 Å². The van der Waals surface area contributed by atoms with E-state index in [4.69, 9.17) is 5.73 Å². The maximum atomic E-state index is 12.7. The van der Waals surface area contributed by atoms with Crippen LogP contribution in [0.1, 0.15) is 16.7 Å². The molecule has 0 aliphatic rings. The van der Waals surface area contributed by atoms with Gasteiger partial charge < -0.3 is 11.1 Å². The largest absolute Gasteiger partial charge is 0.416 e.